The van der Waals surface area contributed by atoms with Gasteiger partial charge in [-0.3, -0.25) is 9.36 Å². The molecule has 0 spiro atoms. The summed E-state index contributed by atoms with van der Waals surface area (Å²) in [4.78, 5) is 48.8. The van der Waals surface area contributed by atoms with E-state index in [0.717, 1.165) is 43.3 Å². The Labute approximate surface area is 344 Å². The zero-order valence-corrected chi connectivity index (χ0v) is 35.5. The summed E-state index contributed by atoms with van der Waals surface area (Å²) < 4.78 is 22.5. The molecule has 4 aromatic heterocycles. The first kappa shape index (κ1) is 39.3. The van der Waals surface area contributed by atoms with Crippen LogP contribution in [0.4, 0.5) is 5.13 Å². The third-order valence-corrected chi connectivity index (χ3v) is 13.8. The summed E-state index contributed by atoms with van der Waals surface area (Å²) in [5.74, 6) is -0.116. The van der Waals surface area contributed by atoms with Crippen LogP contribution in [0.2, 0.25) is 25.7 Å². The molecule has 0 atom stereocenters. The van der Waals surface area contributed by atoms with Gasteiger partial charge in [-0.1, -0.05) is 61.3 Å². The Hall–Kier alpha value is -5.55. The number of ether oxygens (including phenoxy) is 3. The Bertz CT molecular complexity index is 2680. The number of esters is 1. The average Bonchev–Trinajstić information content (AvgIpc) is 3.94. The number of hydrogen-bond donors (Lipinski definition) is 0. The number of para-hydroxylation sites is 1. The van der Waals surface area contributed by atoms with Crippen molar-refractivity contribution in [1.29, 1.82) is 0 Å². The molecule has 13 nitrogen and oxygen atoms in total. The molecule has 16 heteroatoms. The van der Waals surface area contributed by atoms with Crippen molar-refractivity contribution in [3.05, 3.63) is 118 Å². The number of fused-ring (bicyclic) bond motifs is 3. The van der Waals surface area contributed by atoms with Gasteiger partial charge < -0.3 is 19.1 Å². The molecule has 5 heterocycles. The minimum absolute atomic E-state index is 0.234. The predicted molar refractivity (Wildman–Crippen MR) is 229 cm³/mol. The summed E-state index contributed by atoms with van der Waals surface area (Å²) in [5, 5.41) is 6.00. The minimum atomic E-state index is -1.26. The smallest absolute Gasteiger partial charge is 0.358 e. The van der Waals surface area contributed by atoms with E-state index >= 15 is 0 Å². The van der Waals surface area contributed by atoms with Crippen molar-refractivity contribution in [2.24, 2.45) is 4.99 Å². The Morgan fingerprint density at radius 2 is 1.84 bits per heavy atom. The number of nitrogens with zero attached hydrogens (tertiary/aromatic N) is 8. The quantitative estimate of drug-likeness (QED) is 0.0609. The van der Waals surface area contributed by atoms with Gasteiger partial charge in [0, 0.05) is 56.9 Å². The molecule has 0 saturated heterocycles. The van der Waals surface area contributed by atoms with Crippen LogP contribution < -0.4 is 14.4 Å². The zero-order chi connectivity index (χ0) is 40.2. The maximum atomic E-state index is 14.1. The number of benzene rings is 3. The van der Waals surface area contributed by atoms with E-state index in [-0.39, 0.29) is 18.2 Å². The van der Waals surface area contributed by atoms with Crippen LogP contribution in [0.15, 0.2) is 90.4 Å². The monoisotopic (exact) mass is 832 g/mol. The van der Waals surface area contributed by atoms with E-state index in [1.54, 1.807) is 24.0 Å². The van der Waals surface area contributed by atoms with Gasteiger partial charge in [0.05, 0.1) is 40.7 Å². The minimum Gasteiger partial charge on any atom is -0.493 e. The number of thiazole rings is 2. The second-order valence-corrected chi connectivity index (χ2v) is 22.8. The molecule has 0 saturated carbocycles. The zero-order valence-electron chi connectivity index (χ0n) is 32.9. The lowest BCUT2D eigenvalue weighted by Crippen LogP contribution is -2.31. The number of hydrogen-bond acceptors (Lipinski definition) is 12. The summed E-state index contributed by atoms with van der Waals surface area (Å²) in [5.41, 5.74) is 5.35. The van der Waals surface area contributed by atoms with E-state index in [0.29, 0.717) is 72.8 Å². The number of rotatable bonds is 14. The highest BCUT2D eigenvalue weighted by atomic mass is 32.1. The van der Waals surface area contributed by atoms with Crippen molar-refractivity contribution in [3.63, 3.8) is 0 Å². The van der Waals surface area contributed by atoms with Crippen LogP contribution in [-0.2, 0) is 35.6 Å². The Morgan fingerprint density at radius 3 is 2.71 bits per heavy atom. The summed E-state index contributed by atoms with van der Waals surface area (Å²) in [7, 11) is -1.26. The van der Waals surface area contributed by atoms with Gasteiger partial charge in [0.1, 0.15) is 18.8 Å². The molecule has 0 N–H and O–H groups in total. The molecule has 0 fully saturated rings. The molecule has 1 amide bonds. The maximum Gasteiger partial charge on any atom is 0.358 e. The number of anilines is 1. The van der Waals surface area contributed by atoms with Crippen molar-refractivity contribution < 1.29 is 23.8 Å². The second kappa shape index (κ2) is 17.1. The molecular weight excluding hydrogens is 789 g/mol. The maximum absolute atomic E-state index is 14.1. The fourth-order valence-electron chi connectivity index (χ4n) is 6.79. The van der Waals surface area contributed by atoms with E-state index in [1.807, 2.05) is 65.2 Å². The number of carbonyl (C=O) groups is 2. The third kappa shape index (κ3) is 8.64. The van der Waals surface area contributed by atoms with Gasteiger partial charge in [0.25, 0.3) is 5.91 Å². The molecule has 3 aromatic carbocycles. The lowest BCUT2D eigenvalue weighted by Gasteiger charge is -2.29. The highest BCUT2D eigenvalue weighted by molar-refractivity contribution is 7.16. The molecule has 0 aliphatic carbocycles. The van der Waals surface area contributed by atoms with Crippen LogP contribution in [0, 0.1) is 0 Å². The van der Waals surface area contributed by atoms with Gasteiger partial charge in [-0.05, 0) is 60.8 Å². The van der Waals surface area contributed by atoms with Crippen LogP contribution in [-0.4, -0.2) is 75.6 Å². The standard InChI is InChI=1S/C42H44N8O5S2Si/c1-5-54-40(52)37-36(17-19-55-31-12-9-11-30(22-31)50-38-29(24-45-50)23-43-26-44-38)57-41(46-37)48-18-16-28-10-8-13-32(33(28)25-48)39(51)47-42-49(27-53-20-21-58(2,3)4)34-14-6-7-15-35(34)56-42/h6-15,22-24,26H,5,16-21,25,27H2,1-4H3. The first-order chi connectivity index (χ1) is 28.1. The van der Waals surface area contributed by atoms with Gasteiger partial charge >= 0.3 is 5.97 Å². The molecule has 0 bridgehead atoms. The third-order valence-electron chi connectivity index (χ3n) is 9.82. The molecule has 7 aromatic rings. The summed E-state index contributed by atoms with van der Waals surface area (Å²) in [6.07, 6.45) is 6.11. The summed E-state index contributed by atoms with van der Waals surface area (Å²) >= 11 is 2.93. The number of carbonyl (C=O) groups excluding carboxylic acids is 2. The predicted octanol–water partition coefficient (Wildman–Crippen LogP) is 7.70. The molecule has 1 aliphatic rings. The molecular formula is C42H44N8O5S2Si. The molecule has 8 rings (SSSR count). The lowest BCUT2D eigenvalue weighted by atomic mass is 9.95. The van der Waals surface area contributed by atoms with Crippen LogP contribution in [0.3, 0.4) is 0 Å². The fraction of sp³-hybridized carbons (Fsp3) is 0.310. The molecule has 58 heavy (non-hydrogen) atoms. The Morgan fingerprint density at radius 1 is 0.983 bits per heavy atom. The van der Waals surface area contributed by atoms with Crippen molar-refractivity contribution in [1.82, 2.24) is 29.3 Å². The van der Waals surface area contributed by atoms with Gasteiger partial charge in [-0.15, -0.1) is 11.3 Å². The molecule has 298 valence electrons. The first-order valence-electron chi connectivity index (χ1n) is 19.3. The van der Waals surface area contributed by atoms with E-state index in [2.05, 4.69) is 45.7 Å². The van der Waals surface area contributed by atoms with Crippen LogP contribution >= 0.6 is 22.7 Å². The van der Waals surface area contributed by atoms with Crippen LogP contribution in [0.5, 0.6) is 5.75 Å². The van der Waals surface area contributed by atoms with Crippen molar-refractivity contribution >= 4 is 69.0 Å². The van der Waals surface area contributed by atoms with Crippen molar-refractivity contribution in [3.8, 4) is 11.4 Å². The van der Waals surface area contributed by atoms with Gasteiger partial charge in [0.15, 0.2) is 21.3 Å². The van der Waals surface area contributed by atoms with E-state index in [9.17, 15) is 9.59 Å². The average molecular weight is 833 g/mol. The van der Waals surface area contributed by atoms with Crippen molar-refractivity contribution in [2.45, 2.75) is 58.7 Å². The number of aromatic nitrogens is 6. The largest absolute Gasteiger partial charge is 0.493 e. The first-order valence-corrected chi connectivity index (χ1v) is 24.6. The molecule has 1 aliphatic heterocycles. The fourth-order valence-corrected chi connectivity index (χ4v) is 9.62. The molecule has 0 radical (unpaired) electrons. The van der Waals surface area contributed by atoms with Crippen LogP contribution in [0.1, 0.15) is 43.8 Å². The van der Waals surface area contributed by atoms with Gasteiger partial charge in [0.2, 0.25) is 0 Å². The summed E-state index contributed by atoms with van der Waals surface area (Å²) in [6, 6.07) is 22.6. The van der Waals surface area contributed by atoms with E-state index in [1.165, 1.54) is 29.0 Å². The highest BCUT2D eigenvalue weighted by Crippen LogP contribution is 2.33. The number of amides is 1. The summed E-state index contributed by atoms with van der Waals surface area (Å²) in [6.45, 7) is 11.4. The Balaban J connectivity index is 1.01. The van der Waals surface area contributed by atoms with Crippen molar-refractivity contribution in [2.75, 3.05) is 31.3 Å². The van der Waals surface area contributed by atoms with Crippen LogP contribution in [0.25, 0.3) is 26.9 Å². The normalized spacial score (nSPS) is 13.3. The topological polar surface area (TPSA) is 139 Å². The van der Waals surface area contributed by atoms with E-state index in [4.69, 9.17) is 24.2 Å². The Kier molecular flexibility index (Phi) is 11.6. The highest BCUT2D eigenvalue weighted by Gasteiger charge is 2.27. The van der Waals surface area contributed by atoms with Gasteiger partial charge in [-0.2, -0.15) is 10.1 Å². The lowest BCUT2D eigenvalue weighted by molar-refractivity contribution is 0.0519. The van der Waals surface area contributed by atoms with E-state index < -0.39 is 14.0 Å². The van der Waals surface area contributed by atoms with Gasteiger partial charge in [-0.25, -0.2) is 24.4 Å². The SMILES string of the molecule is CCOC(=O)c1nc(N2CCc3cccc(C(=O)N=c4sc5ccccc5n4COCC[Si](C)(C)C)c3C2)sc1CCOc1cccc(-n2ncc3cncnc32)c1. The second-order valence-electron chi connectivity index (χ2n) is 15.1. The molecule has 0 unspecified atom stereocenters.